The number of nitrogens with two attached hydrogens (primary N) is 1. The van der Waals surface area contributed by atoms with E-state index in [1.807, 2.05) is 0 Å². The average Bonchev–Trinajstić information content (AvgIpc) is 2.37. The summed E-state index contributed by atoms with van der Waals surface area (Å²) < 4.78 is 5.54. The molecule has 1 aromatic heterocycles. The molecule has 0 bridgehead atoms. The number of hydrogen-bond donors (Lipinski definition) is 2. The van der Waals surface area contributed by atoms with Crippen LogP contribution < -0.4 is 11.1 Å². The molecule has 17 heavy (non-hydrogen) atoms. The summed E-state index contributed by atoms with van der Waals surface area (Å²) in [7, 11) is 0. The Hall–Kier alpha value is -1.62. The number of amides is 1. The molecule has 0 saturated carbocycles. The molecule has 2 rings (SSSR count). The lowest BCUT2D eigenvalue weighted by Crippen LogP contribution is -2.35. The van der Waals surface area contributed by atoms with Crippen molar-refractivity contribution in [2.45, 2.75) is 25.4 Å². The fraction of sp³-hybridized carbons (Fsp3) is 0.500. The zero-order chi connectivity index (χ0) is 12.1. The number of aromatic nitrogens is 1. The number of pyridine rings is 1. The first kappa shape index (κ1) is 11.9. The topological polar surface area (TPSA) is 77.2 Å². The van der Waals surface area contributed by atoms with Crippen LogP contribution in [0, 0.1) is 0 Å². The molecule has 1 aliphatic rings. The van der Waals surface area contributed by atoms with Gasteiger partial charge in [0.2, 0.25) is 0 Å². The molecule has 0 radical (unpaired) electrons. The number of anilines is 1. The summed E-state index contributed by atoms with van der Waals surface area (Å²) in [6.07, 6.45) is 4.97. The highest BCUT2D eigenvalue weighted by Gasteiger charge is 2.15. The van der Waals surface area contributed by atoms with E-state index in [2.05, 4.69) is 10.3 Å². The molecule has 1 amide bonds. The van der Waals surface area contributed by atoms with Crippen molar-refractivity contribution in [1.82, 2.24) is 10.3 Å². The standard InChI is InChI=1S/C12H17N3O2/c13-11-7-9(4-5-14-11)12(16)15-8-10-3-1-2-6-17-10/h4-5,7,10H,1-3,6,8H2,(H2,13,14)(H,15,16). The molecular weight excluding hydrogens is 218 g/mol. The molecule has 5 nitrogen and oxygen atoms in total. The lowest BCUT2D eigenvalue weighted by atomic mass is 10.1. The van der Waals surface area contributed by atoms with Gasteiger partial charge in [0.15, 0.2) is 0 Å². The van der Waals surface area contributed by atoms with Crippen molar-refractivity contribution in [3.8, 4) is 0 Å². The molecule has 0 aliphatic carbocycles. The summed E-state index contributed by atoms with van der Waals surface area (Å²) >= 11 is 0. The van der Waals surface area contributed by atoms with Crippen LogP contribution >= 0.6 is 0 Å². The minimum absolute atomic E-state index is 0.131. The summed E-state index contributed by atoms with van der Waals surface area (Å²) in [5, 5.41) is 2.85. The van der Waals surface area contributed by atoms with Crippen LogP contribution in [0.3, 0.4) is 0 Å². The lowest BCUT2D eigenvalue weighted by molar-refractivity contribution is 0.0169. The number of carbonyl (C=O) groups is 1. The van der Waals surface area contributed by atoms with Crippen molar-refractivity contribution in [2.75, 3.05) is 18.9 Å². The number of hydrogen-bond acceptors (Lipinski definition) is 4. The Bertz CT molecular complexity index is 389. The molecule has 92 valence electrons. The van der Waals surface area contributed by atoms with Crippen molar-refractivity contribution in [1.29, 1.82) is 0 Å². The molecule has 1 aliphatic heterocycles. The molecule has 1 aromatic rings. The zero-order valence-corrected chi connectivity index (χ0v) is 9.69. The summed E-state index contributed by atoms with van der Waals surface area (Å²) in [4.78, 5) is 15.6. The fourth-order valence-electron chi connectivity index (χ4n) is 1.87. The van der Waals surface area contributed by atoms with Gasteiger partial charge in [0.05, 0.1) is 6.10 Å². The van der Waals surface area contributed by atoms with E-state index < -0.39 is 0 Å². The van der Waals surface area contributed by atoms with Crippen LogP contribution in [0.15, 0.2) is 18.3 Å². The Kier molecular flexibility index (Phi) is 3.93. The van der Waals surface area contributed by atoms with E-state index in [0.717, 1.165) is 19.4 Å². The van der Waals surface area contributed by atoms with Gasteiger partial charge in [-0.1, -0.05) is 0 Å². The van der Waals surface area contributed by atoms with Crippen LogP contribution in [-0.4, -0.2) is 30.1 Å². The predicted molar refractivity (Wildman–Crippen MR) is 64.6 cm³/mol. The highest BCUT2D eigenvalue weighted by Crippen LogP contribution is 2.12. The molecular formula is C12H17N3O2. The van der Waals surface area contributed by atoms with E-state index >= 15 is 0 Å². The molecule has 1 saturated heterocycles. The van der Waals surface area contributed by atoms with E-state index in [4.69, 9.17) is 10.5 Å². The predicted octanol–water partition coefficient (Wildman–Crippen LogP) is 0.963. The minimum Gasteiger partial charge on any atom is -0.384 e. The Balaban J connectivity index is 1.84. The van der Waals surface area contributed by atoms with Crippen LogP contribution in [0.4, 0.5) is 5.82 Å². The van der Waals surface area contributed by atoms with Crippen LogP contribution in [-0.2, 0) is 4.74 Å². The van der Waals surface area contributed by atoms with Gasteiger partial charge < -0.3 is 15.8 Å². The normalized spacial score (nSPS) is 19.9. The molecule has 1 unspecified atom stereocenters. The second-order valence-corrected chi connectivity index (χ2v) is 4.17. The lowest BCUT2D eigenvalue weighted by Gasteiger charge is -2.22. The average molecular weight is 235 g/mol. The van der Waals surface area contributed by atoms with Gasteiger partial charge in [0.25, 0.3) is 5.91 Å². The summed E-state index contributed by atoms with van der Waals surface area (Å²) in [6.45, 7) is 1.35. The fourth-order valence-corrected chi connectivity index (χ4v) is 1.87. The quantitative estimate of drug-likeness (QED) is 0.818. The van der Waals surface area contributed by atoms with Gasteiger partial charge in [0.1, 0.15) is 5.82 Å². The maximum atomic E-state index is 11.8. The van der Waals surface area contributed by atoms with E-state index in [0.29, 0.717) is 17.9 Å². The van der Waals surface area contributed by atoms with E-state index in [9.17, 15) is 4.79 Å². The third kappa shape index (κ3) is 3.42. The number of nitrogen functional groups attached to an aromatic ring is 1. The van der Waals surface area contributed by atoms with Crippen molar-refractivity contribution in [2.24, 2.45) is 0 Å². The van der Waals surface area contributed by atoms with Gasteiger partial charge in [-0.2, -0.15) is 0 Å². The van der Waals surface area contributed by atoms with Crippen LogP contribution in [0.5, 0.6) is 0 Å². The molecule has 3 N–H and O–H groups in total. The Labute approximate surface area is 100 Å². The second kappa shape index (κ2) is 5.63. The van der Waals surface area contributed by atoms with Crippen molar-refractivity contribution < 1.29 is 9.53 Å². The molecule has 1 atom stereocenters. The van der Waals surface area contributed by atoms with E-state index in [-0.39, 0.29) is 12.0 Å². The maximum absolute atomic E-state index is 11.8. The first-order valence-electron chi connectivity index (χ1n) is 5.87. The number of nitrogens with zero attached hydrogens (tertiary/aromatic N) is 1. The third-order valence-electron chi connectivity index (χ3n) is 2.81. The molecule has 1 fully saturated rings. The number of carbonyl (C=O) groups excluding carboxylic acids is 1. The second-order valence-electron chi connectivity index (χ2n) is 4.17. The first-order chi connectivity index (χ1) is 8.25. The molecule has 2 heterocycles. The maximum Gasteiger partial charge on any atom is 0.251 e. The van der Waals surface area contributed by atoms with Crippen LogP contribution in [0.1, 0.15) is 29.6 Å². The molecule has 0 aromatic carbocycles. The Morgan fingerprint density at radius 1 is 1.59 bits per heavy atom. The number of ether oxygens (including phenoxy) is 1. The van der Waals surface area contributed by atoms with Gasteiger partial charge in [-0.15, -0.1) is 0 Å². The number of rotatable bonds is 3. The summed E-state index contributed by atoms with van der Waals surface area (Å²) in [5.74, 6) is 0.222. The van der Waals surface area contributed by atoms with Gasteiger partial charge in [0, 0.05) is 24.9 Å². The first-order valence-corrected chi connectivity index (χ1v) is 5.87. The monoisotopic (exact) mass is 235 g/mol. The molecule has 5 heteroatoms. The molecule has 0 spiro atoms. The van der Waals surface area contributed by atoms with E-state index in [1.165, 1.54) is 12.6 Å². The van der Waals surface area contributed by atoms with Gasteiger partial charge >= 0.3 is 0 Å². The minimum atomic E-state index is -0.131. The smallest absolute Gasteiger partial charge is 0.251 e. The van der Waals surface area contributed by atoms with Gasteiger partial charge in [-0.3, -0.25) is 4.79 Å². The third-order valence-corrected chi connectivity index (χ3v) is 2.81. The van der Waals surface area contributed by atoms with Crippen LogP contribution in [0.25, 0.3) is 0 Å². The van der Waals surface area contributed by atoms with Crippen molar-refractivity contribution in [3.05, 3.63) is 23.9 Å². The Morgan fingerprint density at radius 2 is 2.47 bits per heavy atom. The largest absolute Gasteiger partial charge is 0.384 e. The van der Waals surface area contributed by atoms with Gasteiger partial charge in [-0.05, 0) is 31.4 Å². The summed E-state index contributed by atoms with van der Waals surface area (Å²) in [6, 6.07) is 3.21. The highest BCUT2D eigenvalue weighted by molar-refractivity contribution is 5.94. The van der Waals surface area contributed by atoms with Crippen LogP contribution in [0.2, 0.25) is 0 Å². The SMILES string of the molecule is Nc1cc(C(=O)NCC2CCCCO2)ccn1. The van der Waals surface area contributed by atoms with Crippen molar-refractivity contribution >= 4 is 11.7 Å². The van der Waals surface area contributed by atoms with Crippen molar-refractivity contribution in [3.63, 3.8) is 0 Å². The van der Waals surface area contributed by atoms with Gasteiger partial charge in [-0.25, -0.2) is 4.98 Å². The van der Waals surface area contributed by atoms with E-state index in [1.54, 1.807) is 12.1 Å². The number of nitrogens with one attached hydrogen (secondary N) is 1. The zero-order valence-electron chi connectivity index (χ0n) is 9.69. The highest BCUT2D eigenvalue weighted by atomic mass is 16.5. The summed E-state index contributed by atoms with van der Waals surface area (Å²) in [5.41, 5.74) is 6.06. The Morgan fingerprint density at radius 3 is 3.18 bits per heavy atom.